The lowest BCUT2D eigenvalue weighted by molar-refractivity contribution is 0.0966. The van der Waals surface area contributed by atoms with Crippen molar-refractivity contribution in [3.05, 3.63) is 52.8 Å². The summed E-state index contributed by atoms with van der Waals surface area (Å²) in [6, 6.07) is 8.02. The van der Waals surface area contributed by atoms with Crippen LogP contribution in [0.1, 0.15) is 33.6 Å². The summed E-state index contributed by atoms with van der Waals surface area (Å²) >= 11 is 0. The molecule has 2 aromatic rings. The highest BCUT2D eigenvalue weighted by Crippen LogP contribution is 2.23. The first-order valence-corrected chi connectivity index (χ1v) is 6.37. The summed E-state index contributed by atoms with van der Waals surface area (Å²) in [7, 11) is 0. The first kappa shape index (κ1) is 11.2. The summed E-state index contributed by atoms with van der Waals surface area (Å²) in [4.78, 5) is 12.2. The molecule has 3 nitrogen and oxygen atoms in total. The molecule has 1 aliphatic rings. The molecule has 0 spiro atoms. The smallest absolute Gasteiger partial charge is 0.184 e. The summed E-state index contributed by atoms with van der Waals surface area (Å²) in [5.74, 6) is 0.136. The van der Waals surface area contributed by atoms with E-state index in [1.165, 1.54) is 17.5 Å². The van der Waals surface area contributed by atoms with Gasteiger partial charge in [0.15, 0.2) is 5.78 Å². The number of Topliss-reactive ketones (excluding diaryl/α,β-unsaturated/α-hetero) is 1. The number of carbonyl (C=O) groups excluding carboxylic acids is 1. The minimum atomic E-state index is 0.136. The van der Waals surface area contributed by atoms with Crippen LogP contribution in [0, 0.1) is 6.92 Å². The van der Waals surface area contributed by atoms with E-state index in [1.807, 2.05) is 19.1 Å². The topological polar surface area (TPSA) is 34.9 Å². The number of fused-ring (bicyclic) bond motifs is 1. The van der Waals surface area contributed by atoms with Gasteiger partial charge in [-0.05, 0) is 49.4 Å². The Kier molecular flexibility index (Phi) is 2.74. The highest BCUT2D eigenvalue weighted by molar-refractivity contribution is 5.96. The lowest BCUT2D eigenvalue weighted by Gasteiger charge is -2.06. The average Bonchev–Trinajstić information content (AvgIpc) is 2.98. The SMILES string of the molecule is Cc1ccnn1CC(=O)c1ccc2c(c1)CCC2. The van der Waals surface area contributed by atoms with Crippen molar-refractivity contribution < 1.29 is 4.79 Å². The van der Waals surface area contributed by atoms with Crippen molar-refractivity contribution in [3.8, 4) is 0 Å². The van der Waals surface area contributed by atoms with Crippen LogP contribution in [-0.2, 0) is 19.4 Å². The molecule has 0 amide bonds. The van der Waals surface area contributed by atoms with Crippen LogP contribution in [0.3, 0.4) is 0 Å². The summed E-state index contributed by atoms with van der Waals surface area (Å²) in [5, 5.41) is 4.15. The van der Waals surface area contributed by atoms with Crippen LogP contribution >= 0.6 is 0 Å². The predicted octanol–water partition coefficient (Wildman–Crippen LogP) is 2.56. The second-order valence-corrected chi connectivity index (χ2v) is 4.89. The maximum absolute atomic E-state index is 12.2. The third-order valence-electron chi connectivity index (χ3n) is 3.64. The molecule has 0 atom stereocenters. The highest BCUT2D eigenvalue weighted by Gasteiger charge is 2.14. The van der Waals surface area contributed by atoms with Gasteiger partial charge in [-0.25, -0.2) is 0 Å². The molecule has 1 aliphatic carbocycles. The van der Waals surface area contributed by atoms with Gasteiger partial charge in [0.05, 0.1) is 0 Å². The third-order valence-corrected chi connectivity index (χ3v) is 3.64. The number of hydrogen-bond acceptors (Lipinski definition) is 2. The zero-order valence-corrected chi connectivity index (χ0v) is 10.5. The van der Waals surface area contributed by atoms with Crippen molar-refractivity contribution in [1.82, 2.24) is 9.78 Å². The van der Waals surface area contributed by atoms with E-state index in [1.54, 1.807) is 10.9 Å². The fourth-order valence-electron chi connectivity index (χ4n) is 2.54. The minimum absolute atomic E-state index is 0.136. The van der Waals surface area contributed by atoms with Crippen LogP contribution in [0.5, 0.6) is 0 Å². The van der Waals surface area contributed by atoms with Gasteiger partial charge in [-0.3, -0.25) is 9.48 Å². The van der Waals surface area contributed by atoms with Gasteiger partial charge in [-0.2, -0.15) is 5.10 Å². The molecule has 18 heavy (non-hydrogen) atoms. The molecule has 92 valence electrons. The maximum Gasteiger partial charge on any atom is 0.184 e. The average molecular weight is 240 g/mol. The Bertz CT molecular complexity index is 598. The largest absolute Gasteiger partial charge is 0.292 e. The summed E-state index contributed by atoms with van der Waals surface area (Å²) < 4.78 is 1.75. The molecule has 1 aromatic carbocycles. The number of aryl methyl sites for hydroxylation is 3. The molecule has 0 bridgehead atoms. The van der Waals surface area contributed by atoms with Crippen molar-refractivity contribution in [2.45, 2.75) is 32.7 Å². The summed E-state index contributed by atoms with van der Waals surface area (Å²) in [6.07, 6.45) is 5.20. The number of ketones is 1. The van der Waals surface area contributed by atoms with Gasteiger partial charge in [-0.15, -0.1) is 0 Å². The van der Waals surface area contributed by atoms with E-state index < -0.39 is 0 Å². The number of benzene rings is 1. The fourth-order valence-corrected chi connectivity index (χ4v) is 2.54. The number of hydrogen-bond donors (Lipinski definition) is 0. The van der Waals surface area contributed by atoms with Gasteiger partial charge >= 0.3 is 0 Å². The molecular formula is C15H16N2O. The number of carbonyl (C=O) groups is 1. The first-order chi connectivity index (χ1) is 8.74. The van der Waals surface area contributed by atoms with Crippen LogP contribution in [0.2, 0.25) is 0 Å². The molecular weight excluding hydrogens is 224 g/mol. The Labute approximate surface area is 106 Å². The molecule has 0 fully saturated rings. The Morgan fingerprint density at radius 3 is 2.89 bits per heavy atom. The normalized spacial score (nSPS) is 13.6. The fraction of sp³-hybridized carbons (Fsp3) is 0.333. The zero-order valence-electron chi connectivity index (χ0n) is 10.5. The molecule has 1 heterocycles. The Morgan fingerprint density at radius 1 is 1.28 bits per heavy atom. The van der Waals surface area contributed by atoms with E-state index in [0.29, 0.717) is 6.54 Å². The van der Waals surface area contributed by atoms with Crippen molar-refractivity contribution >= 4 is 5.78 Å². The number of aromatic nitrogens is 2. The Balaban J connectivity index is 1.83. The minimum Gasteiger partial charge on any atom is -0.292 e. The third kappa shape index (κ3) is 1.96. The van der Waals surface area contributed by atoms with Crippen LogP contribution in [0.15, 0.2) is 30.5 Å². The van der Waals surface area contributed by atoms with Gasteiger partial charge in [0.2, 0.25) is 0 Å². The predicted molar refractivity (Wildman–Crippen MR) is 69.8 cm³/mol. The molecule has 0 unspecified atom stereocenters. The van der Waals surface area contributed by atoms with E-state index in [9.17, 15) is 4.79 Å². The second kappa shape index (κ2) is 4.41. The van der Waals surface area contributed by atoms with Crippen molar-refractivity contribution in [1.29, 1.82) is 0 Å². The van der Waals surface area contributed by atoms with Crippen molar-refractivity contribution in [2.24, 2.45) is 0 Å². The molecule has 3 rings (SSSR count). The molecule has 3 heteroatoms. The van der Waals surface area contributed by atoms with Crippen LogP contribution < -0.4 is 0 Å². The monoisotopic (exact) mass is 240 g/mol. The lowest BCUT2D eigenvalue weighted by atomic mass is 10.0. The zero-order chi connectivity index (χ0) is 12.5. The summed E-state index contributed by atoms with van der Waals surface area (Å²) in [6.45, 7) is 2.29. The van der Waals surface area contributed by atoms with E-state index in [0.717, 1.165) is 24.1 Å². The molecule has 0 N–H and O–H groups in total. The lowest BCUT2D eigenvalue weighted by Crippen LogP contribution is -2.13. The van der Waals surface area contributed by atoms with Gasteiger partial charge in [0.25, 0.3) is 0 Å². The maximum atomic E-state index is 12.2. The van der Waals surface area contributed by atoms with Gasteiger partial charge in [0, 0.05) is 17.5 Å². The first-order valence-electron chi connectivity index (χ1n) is 6.37. The van der Waals surface area contributed by atoms with Gasteiger partial charge in [-0.1, -0.05) is 12.1 Å². The summed E-state index contributed by atoms with van der Waals surface area (Å²) in [5.41, 5.74) is 4.58. The van der Waals surface area contributed by atoms with Crippen LogP contribution in [0.25, 0.3) is 0 Å². The van der Waals surface area contributed by atoms with Crippen LogP contribution in [0.4, 0.5) is 0 Å². The molecule has 0 saturated heterocycles. The van der Waals surface area contributed by atoms with E-state index in [-0.39, 0.29) is 5.78 Å². The van der Waals surface area contributed by atoms with E-state index in [4.69, 9.17) is 0 Å². The van der Waals surface area contributed by atoms with Crippen molar-refractivity contribution in [2.75, 3.05) is 0 Å². The molecule has 0 radical (unpaired) electrons. The highest BCUT2D eigenvalue weighted by atomic mass is 16.1. The molecule has 1 aromatic heterocycles. The number of rotatable bonds is 3. The van der Waals surface area contributed by atoms with Gasteiger partial charge in [0.1, 0.15) is 6.54 Å². The standard InChI is InChI=1S/C15H16N2O/c1-11-7-8-16-17(11)10-15(18)14-6-5-12-3-2-4-13(12)9-14/h5-9H,2-4,10H2,1H3. The number of nitrogens with zero attached hydrogens (tertiary/aromatic N) is 2. The van der Waals surface area contributed by atoms with E-state index in [2.05, 4.69) is 17.2 Å². The van der Waals surface area contributed by atoms with Crippen molar-refractivity contribution in [3.63, 3.8) is 0 Å². The second-order valence-electron chi connectivity index (χ2n) is 4.89. The quantitative estimate of drug-likeness (QED) is 0.773. The van der Waals surface area contributed by atoms with Crippen LogP contribution in [-0.4, -0.2) is 15.6 Å². The Morgan fingerprint density at radius 2 is 2.11 bits per heavy atom. The molecule has 0 aliphatic heterocycles. The molecule has 0 saturated carbocycles. The van der Waals surface area contributed by atoms with Gasteiger partial charge < -0.3 is 0 Å². The van der Waals surface area contributed by atoms with E-state index >= 15 is 0 Å². The Hall–Kier alpha value is -1.90.